The lowest BCUT2D eigenvalue weighted by Crippen LogP contribution is -2.22. The lowest BCUT2D eigenvalue weighted by Gasteiger charge is -2.17. The minimum atomic E-state index is 0.638. The first kappa shape index (κ1) is 11.2. The van der Waals surface area contributed by atoms with Gasteiger partial charge in [-0.25, -0.2) is 4.98 Å². The molecule has 1 saturated heterocycles. The van der Waals surface area contributed by atoms with Gasteiger partial charge in [0.2, 0.25) is 0 Å². The fraction of sp³-hybridized carbons (Fsp3) is 0.583. The number of ether oxygens (including phenoxy) is 1. The third-order valence-electron chi connectivity index (χ3n) is 2.94. The van der Waals surface area contributed by atoms with Gasteiger partial charge in [-0.1, -0.05) is 0 Å². The van der Waals surface area contributed by atoms with E-state index in [-0.39, 0.29) is 0 Å². The average Bonchev–Trinajstić information content (AvgIpc) is 2.76. The predicted octanol–water partition coefficient (Wildman–Crippen LogP) is 1.53. The van der Waals surface area contributed by atoms with Gasteiger partial charge in [-0.05, 0) is 25.5 Å². The molecule has 1 aliphatic heterocycles. The molecule has 1 fully saturated rings. The van der Waals surface area contributed by atoms with Gasteiger partial charge in [0.05, 0.1) is 18.5 Å². The number of anilines is 2. The lowest BCUT2D eigenvalue weighted by molar-refractivity contribution is 0.117. The van der Waals surface area contributed by atoms with Crippen LogP contribution >= 0.6 is 0 Å². The molecule has 0 bridgehead atoms. The van der Waals surface area contributed by atoms with Crippen LogP contribution in [0.3, 0.4) is 0 Å². The van der Waals surface area contributed by atoms with Crippen molar-refractivity contribution in [1.29, 1.82) is 0 Å². The highest BCUT2D eigenvalue weighted by molar-refractivity contribution is 5.46. The molecule has 1 aliphatic rings. The van der Waals surface area contributed by atoms with Crippen molar-refractivity contribution in [2.45, 2.75) is 13.3 Å². The Morgan fingerprint density at radius 1 is 1.56 bits per heavy atom. The Labute approximate surface area is 96.4 Å². The Morgan fingerprint density at radius 3 is 3.12 bits per heavy atom. The van der Waals surface area contributed by atoms with Gasteiger partial charge < -0.3 is 15.4 Å². The second-order valence-corrected chi connectivity index (χ2v) is 4.21. The second kappa shape index (κ2) is 5.16. The van der Waals surface area contributed by atoms with E-state index in [4.69, 9.17) is 10.5 Å². The van der Waals surface area contributed by atoms with E-state index in [1.807, 2.05) is 19.1 Å². The Kier molecular flexibility index (Phi) is 3.62. The first-order valence-electron chi connectivity index (χ1n) is 5.84. The zero-order valence-corrected chi connectivity index (χ0v) is 9.72. The fourth-order valence-electron chi connectivity index (χ4n) is 2.05. The fourth-order valence-corrected chi connectivity index (χ4v) is 2.05. The average molecular weight is 221 g/mol. The minimum Gasteiger partial charge on any atom is -0.397 e. The number of nitrogens with zero attached hydrogens (tertiary/aromatic N) is 2. The maximum absolute atomic E-state index is 5.62. The van der Waals surface area contributed by atoms with Crippen LogP contribution in [0.25, 0.3) is 0 Å². The molecule has 1 aromatic heterocycles. The predicted molar refractivity (Wildman–Crippen MR) is 65.5 cm³/mol. The highest BCUT2D eigenvalue weighted by atomic mass is 16.5. The molecule has 16 heavy (non-hydrogen) atoms. The summed E-state index contributed by atoms with van der Waals surface area (Å²) < 4.78 is 5.45. The highest BCUT2D eigenvalue weighted by Gasteiger charge is 2.23. The molecule has 2 heterocycles. The van der Waals surface area contributed by atoms with Crippen LogP contribution in [0.15, 0.2) is 18.3 Å². The lowest BCUT2D eigenvalue weighted by atomic mass is 10.1. The topological polar surface area (TPSA) is 51.4 Å². The molecule has 88 valence electrons. The number of pyridine rings is 1. The van der Waals surface area contributed by atoms with Crippen molar-refractivity contribution in [3.63, 3.8) is 0 Å². The van der Waals surface area contributed by atoms with Crippen LogP contribution in [-0.2, 0) is 4.74 Å². The molecule has 0 radical (unpaired) electrons. The van der Waals surface area contributed by atoms with E-state index >= 15 is 0 Å². The van der Waals surface area contributed by atoms with E-state index in [9.17, 15) is 0 Å². The van der Waals surface area contributed by atoms with Gasteiger partial charge in [-0.3, -0.25) is 0 Å². The first-order chi connectivity index (χ1) is 7.79. The quantitative estimate of drug-likeness (QED) is 0.837. The van der Waals surface area contributed by atoms with Crippen LogP contribution < -0.4 is 10.6 Å². The number of nitrogens with two attached hydrogens (primary N) is 1. The molecule has 0 unspecified atom stereocenters. The molecule has 0 amide bonds. The molecule has 0 saturated carbocycles. The van der Waals surface area contributed by atoms with Gasteiger partial charge in [0.15, 0.2) is 0 Å². The second-order valence-electron chi connectivity index (χ2n) is 4.21. The van der Waals surface area contributed by atoms with Crippen molar-refractivity contribution >= 4 is 11.5 Å². The summed E-state index contributed by atoms with van der Waals surface area (Å²) in [6.45, 7) is 5.80. The van der Waals surface area contributed by atoms with E-state index in [2.05, 4.69) is 9.88 Å². The maximum atomic E-state index is 5.62. The molecular formula is C12H19N3O. The molecule has 0 spiro atoms. The minimum absolute atomic E-state index is 0.638. The zero-order chi connectivity index (χ0) is 11.4. The standard InChI is InChI=1S/C12H19N3O/c1-2-16-9-10-5-6-15(8-10)12-4-3-11(13)7-14-12/h3-4,7,10H,2,5-6,8-9,13H2,1H3/t10-/m0/s1. The molecule has 0 aliphatic carbocycles. The highest BCUT2D eigenvalue weighted by Crippen LogP contribution is 2.22. The van der Waals surface area contributed by atoms with Gasteiger partial charge in [0.1, 0.15) is 5.82 Å². The van der Waals surface area contributed by atoms with E-state index < -0.39 is 0 Å². The Morgan fingerprint density at radius 2 is 2.44 bits per heavy atom. The summed E-state index contributed by atoms with van der Waals surface area (Å²) in [4.78, 5) is 6.63. The molecule has 2 N–H and O–H groups in total. The third kappa shape index (κ3) is 2.64. The summed E-state index contributed by atoms with van der Waals surface area (Å²) in [5, 5.41) is 0. The van der Waals surface area contributed by atoms with E-state index in [1.54, 1.807) is 6.20 Å². The van der Waals surface area contributed by atoms with Crippen LogP contribution in [0, 0.1) is 5.92 Å². The van der Waals surface area contributed by atoms with E-state index in [0.717, 1.165) is 32.1 Å². The van der Waals surface area contributed by atoms with Crippen molar-refractivity contribution in [3.8, 4) is 0 Å². The summed E-state index contributed by atoms with van der Waals surface area (Å²) in [5.41, 5.74) is 6.33. The molecule has 2 rings (SSSR count). The normalized spacial score (nSPS) is 20.3. The summed E-state index contributed by atoms with van der Waals surface area (Å²) in [6.07, 6.45) is 2.90. The van der Waals surface area contributed by atoms with Gasteiger partial charge in [0, 0.05) is 25.6 Å². The molecule has 0 aromatic carbocycles. The van der Waals surface area contributed by atoms with Crippen molar-refractivity contribution in [3.05, 3.63) is 18.3 Å². The largest absolute Gasteiger partial charge is 0.397 e. The Bertz CT molecular complexity index is 326. The SMILES string of the molecule is CCOC[C@H]1CCN(c2ccc(N)cn2)C1. The van der Waals surface area contributed by atoms with Crippen molar-refractivity contribution in [2.75, 3.05) is 36.9 Å². The Hall–Kier alpha value is -1.29. The van der Waals surface area contributed by atoms with Crippen molar-refractivity contribution < 1.29 is 4.74 Å². The Balaban J connectivity index is 1.90. The monoisotopic (exact) mass is 221 g/mol. The van der Waals surface area contributed by atoms with Crippen LogP contribution in [0.4, 0.5) is 11.5 Å². The van der Waals surface area contributed by atoms with Gasteiger partial charge in [-0.15, -0.1) is 0 Å². The van der Waals surface area contributed by atoms with Crippen LogP contribution in [-0.4, -0.2) is 31.3 Å². The van der Waals surface area contributed by atoms with Gasteiger partial charge >= 0.3 is 0 Å². The molecule has 1 aromatic rings. The van der Waals surface area contributed by atoms with Gasteiger partial charge in [-0.2, -0.15) is 0 Å². The molecule has 1 atom stereocenters. The molecular weight excluding hydrogens is 202 g/mol. The summed E-state index contributed by atoms with van der Waals surface area (Å²) in [5.74, 6) is 1.66. The van der Waals surface area contributed by atoms with Crippen molar-refractivity contribution in [1.82, 2.24) is 4.98 Å². The van der Waals surface area contributed by atoms with Crippen LogP contribution in [0.1, 0.15) is 13.3 Å². The number of rotatable bonds is 4. The molecule has 4 nitrogen and oxygen atoms in total. The number of hydrogen-bond donors (Lipinski definition) is 1. The molecule has 4 heteroatoms. The van der Waals surface area contributed by atoms with Crippen LogP contribution in [0.5, 0.6) is 0 Å². The zero-order valence-electron chi connectivity index (χ0n) is 9.72. The number of hydrogen-bond acceptors (Lipinski definition) is 4. The first-order valence-corrected chi connectivity index (χ1v) is 5.84. The number of aromatic nitrogens is 1. The van der Waals surface area contributed by atoms with Crippen molar-refractivity contribution in [2.24, 2.45) is 5.92 Å². The smallest absolute Gasteiger partial charge is 0.128 e. The summed E-state index contributed by atoms with van der Waals surface area (Å²) >= 11 is 0. The summed E-state index contributed by atoms with van der Waals surface area (Å²) in [7, 11) is 0. The maximum Gasteiger partial charge on any atom is 0.128 e. The number of nitrogen functional groups attached to an aromatic ring is 1. The van der Waals surface area contributed by atoms with E-state index in [1.165, 1.54) is 6.42 Å². The van der Waals surface area contributed by atoms with Crippen LogP contribution in [0.2, 0.25) is 0 Å². The summed E-state index contributed by atoms with van der Waals surface area (Å²) in [6, 6.07) is 3.89. The van der Waals surface area contributed by atoms with E-state index in [0.29, 0.717) is 11.6 Å². The third-order valence-corrected chi connectivity index (χ3v) is 2.94. The van der Waals surface area contributed by atoms with Gasteiger partial charge in [0.25, 0.3) is 0 Å².